The summed E-state index contributed by atoms with van der Waals surface area (Å²) in [7, 11) is 0. The van der Waals surface area contributed by atoms with Crippen molar-refractivity contribution < 1.29 is 4.79 Å². The topological polar surface area (TPSA) is 69.3 Å². The van der Waals surface area contributed by atoms with Crippen LogP contribution in [0.15, 0.2) is 9.70 Å². The Balaban J connectivity index is 2.25. The number of thioether (sulfide) groups is 1. The molecule has 0 N–H and O–H groups in total. The normalized spacial score (nSPS) is 18.4. The van der Waals surface area contributed by atoms with Crippen LogP contribution in [0.4, 0.5) is 5.82 Å². The summed E-state index contributed by atoms with van der Waals surface area (Å²) in [6.07, 6.45) is 6.96. The molecule has 3 heterocycles. The van der Waals surface area contributed by atoms with Crippen molar-refractivity contribution in [1.29, 1.82) is 5.26 Å². The predicted molar refractivity (Wildman–Crippen MR) is 127 cm³/mol. The average molecular weight is 445 g/mol. The molecule has 30 heavy (non-hydrogen) atoms. The molecule has 0 spiro atoms. The SMILES string of the molecule is CCCCn1c(N2CCCCC2)c(/C=C2/SC(=S)N(CC)C2=O)c(C)c(C#N)c1=O. The Kier molecular flexibility index (Phi) is 7.37. The van der Waals surface area contributed by atoms with E-state index in [9.17, 15) is 14.9 Å². The van der Waals surface area contributed by atoms with Gasteiger partial charge in [-0.3, -0.25) is 19.1 Å². The Morgan fingerprint density at radius 2 is 1.90 bits per heavy atom. The van der Waals surface area contributed by atoms with Crippen molar-refractivity contribution in [2.45, 2.75) is 59.4 Å². The van der Waals surface area contributed by atoms with Crippen LogP contribution in [0.1, 0.15) is 62.6 Å². The molecule has 0 radical (unpaired) electrons. The first-order valence-electron chi connectivity index (χ1n) is 10.6. The van der Waals surface area contributed by atoms with Gasteiger partial charge in [0.25, 0.3) is 11.5 Å². The second-order valence-electron chi connectivity index (χ2n) is 7.63. The number of carbonyl (C=O) groups is 1. The molecule has 0 unspecified atom stereocenters. The van der Waals surface area contributed by atoms with E-state index in [1.54, 1.807) is 9.47 Å². The van der Waals surface area contributed by atoms with Crippen LogP contribution in [0.25, 0.3) is 6.08 Å². The molecular formula is C22H28N4O2S2. The van der Waals surface area contributed by atoms with Gasteiger partial charge in [0.2, 0.25) is 0 Å². The summed E-state index contributed by atoms with van der Waals surface area (Å²) in [5, 5.41) is 9.71. The number of amides is 1. The smallest absolute Gasteiger partial charge is 0.270 e. The molecule has 160 valence electrons. The molecule has 1 aromatic heterocycles. The molecule has 2 aliphatic rings. The summed E-state index contributed by atoms with van der Waals surface area (Å²) in [5.74, 6) is 0.729. The lowest BCUT2D eigenvalue weighted by Gasteiger charge is -2.33. The highest BCUT2D eigenvalue weighted by molar-refractivity contribution is 8.26. The molecule has 6 nitrogen and oxygen atoms in total. The standard InChI is InChI=1S/C22H28N4O2S2/c1-4-6-12-26-19(24-10-8-7-9-11-24)16(15(3)17(14-23)20(26)27)13-18-21(28)25(5-2)22(29)30-18/h13H,4-12H2,1-3H3/b18-13+. The molecule has 0 saturated carbocycles. The minimum Gasteiger partial charge on any atom is -0.357 e. The van der Waals surface area contributed by atoms with Crippen molar-refractivity contribution in [3.05, 3.63) is 31.9 Å². The molecule has 3 rings (SSSR count). The highest BCUT2D eigenvalue weighted by Gasteiger charge is 2.32. The van der Waals surface area contributed by atoms with E-state index in [1.807, 2.05) is 19.9 Å². The molecule has 2 saturated heterocycles. The van der Waals surface area contributed by atoms with Gasteiger partial charge < -0.3 is 4.90 Å². The zero-order valence-electron chi connectivity index (χ0n) is 17.9. The van der Waals surface area contributed by atoms with E-state index < -0.39 is 0 Å². The predicted octanol–water partition coefficient (Wildman–Crippen LogP) is 4.04. The molecule has 2 fully saturated rings. The number of unbranched alkanes of at least 4 members (excludes halogenated alkanes) is 1. The maximum Gasteiger partial charge on any atom is 0.270 e. The maximum absolute atomic E-state index is 13.2. The van der Waals surface area contributed by atoms with Gasteiger partial charge in [-0.25, -0.2) is 0 Å². The van der Waals surface area contributed by atoms with Crippen LogP contribution in [0, 0.1) is 18.3 Å². The van der Waals surface area contributed by atoms with E-state index in [4.69, 9.17) is 12.2 Å². The van der Waals surface area contributed by atoms with Gasteiger partial charge in [-0.05, 0) is 51.2 Å². The van der Waals surface area contributed by atoms with Crippen molar-refractivity contribution in [1.82, 2.24) is 9.47 Å². The lowest BCUT2D eigenvalue weighted by Crippen LogP contribution is -2.37. The number of pyridine rings is 1. The molecule has 0 bridgehead atoms. The first-order chi connectivity index (χ1) is 14.4. The zero-order chi connectivity index (χ0) is 21.8. The lowest BCUT2D eigenvalue weighted by atomic mass is 10.0. The number of piperidine rings is 1. The third-order valence-electron chi connectivity index (χ3n) is 5.70. The number of anilines is 1. The largest absolute Gasteiger partial charge is 0.357 e. The van der Waals surface area contributed by atoms with Gasteiger partial charge in [-0.15, -0.1) is 0 Å². The Labute approximate surface area is 187 Å². The van der Waals surface area contributed by atoms with E-state index in [0.717, 1.165) is 50.2 Å². The fourth-order valence-corrected chi connectivity index (χ4v) is 5.38. The minimum absolute atomic E-state index is 0.110. The fourth-order valence-electron chi connectivity index (χ4n) is 4.02. The number of hydrogen-bond acceptors (Lipinski definition) is 6. The summed E-state index contributed by atoms with van der Waals surface area (Å²) in [6.45, 7) is 8.62. The van der Waals surface area contributed by atoms with Crippen LogP contribution in [0.2, 0.25) is 0 Å². The Morgan fingerprint density at radius 3 is 2.47 bits per heavy atom. The van der Waals surface area contributed by atoms with Crippen LogP contribution < -0.4 is 10.5 Å². The van der Waals surface area contributed by atoms with Crippen LogP contribution in [-0.4, -0.2) is 39.3 Å². The number of nitrogens with zero attached hydrogens (tertiary/aromatic N) is 4. The van der Waals surface area contributed by atoms with Gasteiger partial charge in [0, 0.05) is 31.7 Å². The maximum atomic E-state index is 13.2. The third kappa shape index (κ3) is 4.19. The van der Waals surface area contributed by atoms with Crippen LogP contribution in [0.5, 0.6) is 0 Å². The van der Waals surface area contributed by atoms with Crippen molar-refractivity contribution in [2.24, 2.45) is 0 Å². The minimum atomic E-state index is -0.234. The third-order valence-corrected chi connectivity index (χ3v) is 7.08. The van der Waals surface area contributed by atoms with Crippen LogP contribution in [0.3, 0.4) is 0 Å². The molecule has 0 atom stereocenters. The summed E-state index contributed by atoms with van der Waals surface area (Å²) >= 11 is 6.65. The van der Waals surface area contributed by atoms with E-state index in [-0.39, 0.29) is 17.0 Å². The molecule has 0 aliphatic carbocycles. The molecule has 2 aliphatic heterocycles. The fraction of sp³-hybridized carbons (Fsp3) is 0.545. The number of aromatic nitrogens is 1. The van der Waals surface area contributed by atoms with Crippen molar-refractivity contribution in [3.8, 4) is 6.07 Å². The number of nitriles is 1. The Bertz CT molecular complexity index is 984. The molecular weight excluding hydrogens is 416 g/mol. The number of rotatable bonds is 6. The monoisotopic (exact) mass is 444 g/mol. The number of carbonyl (C=O) groups excluding carboxylic acids is 1. The highest BCUT2D eigenvalue weighted by Crippen LogP contribution is 2.36. The van der Waals surface area contributed by atoms with Gasteiger partial charge in [0.05, 0.1) is 4.91 Å². The highest BCUT2D eigenvalue weighted by atomic mass is 32.2. The first-order valence-corrected chi connectivity index (χ1v) is 11.8. The zero-order valence-corrected chi connectivity index (χ0v) is 19.5. The van der Waals surface area contributed by atoms with Crippen LogP contribution >= 0.6 is 24.0 Å². The van der Waals surface area contributed by atoms with Crippen molar-refractivity contribution in [2.75, 3.05) is 24.5 Å². The van der Waals surface area contributed by atoms with Crippen molar-refractivity contribution >= 4 is 46.1 Å². The molecule has 1 amide bonds. The quantitative estimate of drug-likeness (QED) is 0.487. The summed E-state index contributed by atoms with van der Waals surface area (Å²) in [6, 6.07) is 2.11. The first kappa shape index (κ1) is 22.6. The number of likely N-dealkylation sites (N-methyl/N-ethyl adjacent to an activating group) is 1. The van der Waals surface area contributed by atoms with E-state index in [0.29, 0.717) is 27.9 Å². The Morgan fingerprint density at radius 1 is 1.20 bits per heavy atom. The summed E-state index contributed by atoms with van der Waals surface area (Å²) < 4.78 is 2.30. The molecule has 1 aromatic rings. The summed E-state index contributed by atoms with van der Waals surface area (Å²) in [5.41, 5.74) is 1.35. The lowest BCUT2D eigenvalue weighted by molar-refractivity contribution is -0.121. The van der Waals surface area contributed by atoms with Gasteiger partial charge in [0.15, 0.2) is 0 Å². The van der Waals surface area contributed by atoms with Gasteiger partial charge in [-0.1, -0.05) is 37.3 Å². The second kappa shape index (κ2) is 9.80. The van der Waals surface area contributed by atoms with E-state index >= 15 is 0 Å². The number of hydrogen-bond donors (Lipinski definition) is 0. The summed E-state index contributed by atoms with van der Waals surface area (Å²) in [4.78, 5) is 30.4. The van der Waals surface area contributed by atoms with Crippen LogP contribution in [-0.2, 0) is 11.3 Å². The molecule has 0 aromatic carbocycles. The van der Waals surface area contributed by atoms with E-state index in [1.165, 1.54) is 18.2 Å². The van der Waals surface area contributed by atoms with E-state index in [2.05, 4.69) is 17.9 Å². The number of thiocarbonyl (C=S) groups is 1. The second-order valence-corrected chi connectivity index (χ2v) is 9.31. The van der Waals surface area contributed by atoms with Gasteiger partial charge in [0.1, 0.15) is 21.8 Å². The average Bonchev–Trinajstić information content (AvgIpc) is 3.02. The van der Waals surface area contributed by atoms with Gasteiger partial charge >= 0.3 is 0 Å². The molecule has 8 heteroatoms. The van der Waals surface area contributed by atoms with Gasteiger partial charge in [-0.2, -0.15) is 5.26 Å². The van der Waals surface area contributed by atoms with Crippen molar-refractivity contribution in [3.63, 3.8) is 0 Å². The Hall–Kier alpha value is -2.11.